The second-order valence-corrected chi connectivity index (χ2v) is 5.11. The van der Waals surface area contributed by atoms with Crippen LogP contribution in [0, 0.1) is 0 Å². The number of amides is 1. The fourth-order valence-electron chi connectivity index (χ4n) is 1.70. The van der Waals surface area contributed by atoms with Gasteiger partial charge in [0, 0.05) is 5.02 Å². The maximum Gasteiger partial charge on any atom is 0.337 e. The van der Waals surface area contributed by atoms with Crippen LogP contribution in [0.3, 0.4) is 0 Å². The van der Waals surface area contributed by atoms with E-state index < -0.39 is 11.9 Å². The molecule has 0 bridgehead atoms. The largest absolute Gasteiger partial charge is 0.482 e. The van der Waals surface area contributed by atoms with Gasteiger partial charge < -0.3 is 15.2 Å². The van der Waals surface area contributed by atoms with E-state index in [1.807, 2.05) is 0 Å². The molecule has 1 amide bonds. The zero-order valence-corrected chi connectivity index (χ0v) is 12.7. The van der Waals surface area contributed by atoms with Crippen LogP contribution in [-0.4, -0.2) is 23.6 Å². The van der Waals surface area contributed by atoms with Crippen LogP contribution in [0.1, 0.15) is 10.4 Å². The molecule has 114 valence electrons. The summed E-state index contributed by atoms with van der Waals surface area (Å²) in [5.74, 6) is -1.33. The molecule has 2 rings (SSSR count). The summed E-state index contributed by atoms with van der Waals surface area (Å²) in [4.78, 5) is 23.0. The molecule has 7 heteroatoms. The van der Waals surface area contributed by atoms with Crippen molar-refractivity contribution in [1.29, 1.82) is 0 Å². The standard InChI is InChI=1S/C15H11Cl2NO4/c16-9-5-6-10(15(20)21)12(7-9)18-14(19)8-22-13-4-2-1-3-11(13)17/h1-7H,8H2,(H,18,19)(H,20,21). The van der Waals surface area contributed by atoms with E-state index in [0.717, 1.165) is 0 Å². The highest BCUT2D eigenvalue weighted by molar-refractivity contribution is 6.32. The van der Waals surface area contributed by atoms with Crippen molar-refractivity contribution in [1.82, 2.24) is 0 Å². The zero-order valence-electron chi connectivity index (χ0n) is 11.2. The highest BCUT2D eigenvalue weighted by Crippen LogP contribution is 2.24. The van der Waals surface area contributed by atoms with Gasteiger partial charge in [-0.05, 0) is 30.3 Å². The third-order valence-corrected chi connectivity index (χ3v) is 3.23. The zero-order chi connectivity index (χ0) is 16.1. The maximum absolute atomic E-state index is 11.9. The Morgan fingerprint density at radius 3 is 2.55 bits per heavy atom. The third-order valence-electron chi connectivity index (χ3n) is 2.68. The van der Waals surface area contributed by atoms with Crippen LogP contribution in [0.4, 0.5) is 5.69 Å². The number of hydrogen-bond acceptors (Lipinski definition) is 3. The molecule has 0 spiro atoms. The number of hydrogen-bond donors (Lipinski definition) is 2. The fraction of sp³-hybridized carbons (Fsp3) is 0.0667. The summed E-state index contributed by atoms with van der Waals surface area (Å²) in [6.45, 7) is -0.310. The lowest BCUT2D eigenvalue weighted by Crippen LogP contribution is -2.21. The second kappa shape index (κ2) is 7.15. The van der Waals surface area contributed by atoms with E-state index in [0.29, 0.717) is 15.8 Å². The molecule has 0 fully saturated rings. The minimum absolute atomic E-state index is 0.0597. The van der Waals surface area contributed by atoms with E-state index in [2.05, 4.69) is 5.32 Å². The van der Waals surface area contributed by atoms with Gasteiger partial charge in [-0.1, -0.05) is 35.3 Å². The molecule has 0 aromatic heterocycles. The summed E-state index contributed by atoms with van der Waals surface area (Å²) in [5, 5.41) is 12.2. The van der Waals surface area contributed by atoms with Gasteiger partial charge in [0.25, 0.3) is 5.91 Å². The van der Waals surface area contributed by atoms with Gasteiger partial charge in [0.05, 0.1) is 16.3 Å². The molecular formula is C15H11Cl2NO4. The van der Waals surface area contributed by atoms with Gasteiger partial charge >= 0.3 is 5.97 Å². The van der Waals surface area contributed by atoms with Crippen LogP contribution in [0.5, 0.6) is 5.75 Å². The number of aromatic carboxylic acids is 1. The fourth-order valence-corrected chi connectivity index (χ4v) is 2.06. The highest BCUT2D eigenvalue weighted by atomic mass is 35.5. The Morgan fingerprint density at radius 2 is 1.86 bits per heavy atom. The predicted octanol–water partition coefficient (Wildman–Crippen LogP) is 3.71. The molecular weight excluding hydrogens is 329 g/mol. The minimum Gasteiger partial charge on any atom is -0.482 e. The number of rotatable bonds is 5. The lowest BCUT2D eigenvalue weighted by molar-refractivity contribution is -0.118. The third kappa shape index (κ3) is 4.13. The van der Waals surface area contributed by atoms with E-state index in [1.165, 1.54) is 18.2 Å². The number of ether oxygens (including phenoxy) is 1. The number of nitrogens with one attached hydrogen (secondary N) is 1. The molecule has 0 unspecified atom stereocenters. The van der Waals surface area contributed by atoms with Crippen LogP contribution < -0.4 is 10.1 Å². The number of carboxylic acids is 1. The topological polar surface area (TPSA) is 75.6 Å². The Bertz CT molecular complexity index is 718. The van der Waals surface area contributed by atoms with Gasteiger partial charge in [0.1, 0.15) is 5.75 Å². The summed E-state index contributed by atoms with van der Waals surface area (Å²) in [6, 6.07) is 10.8. The van der Waals surface area contributed by atoms with Crippen molar-refractivity contribution in [2.75, 3.05) is 11.9 Å². The van der Waals surface area contributed by atoms with Gasteiger partial charge in [-0.25, -0.2) is 4.79 Å². The van der Waals surface area contributed by atoms with E-state index in [-0.39, 0.29) is 17.9 Å². The molecule has 5 nitrogen and oxygen atoms in total. The SMILES string of the molecule is O=C(COc1ccccc1Cl)Nc1cc(Cl)ccc1C(=O)O. The molecule has 0 aliphatic carbocycles. The van der Waals surface area contributed by atoms with Crippen molar-refractivity contribution in [3.8, 4) is 5.75 Å². The van der Waals surface area contributed by atoms with Crippen LogP contribution in [0.25, 0.3) is 0 Å². The van der Waals surface area contributed by atoms with Crippen molar-refractivity contribution in [2.45, 2.75) is 0 Å². The van der Waals surface area contributed by atoms with Crippen molar-refractivity contribution in [2.24, 2.45) is 0 Å². The first-order valence-corrected chi connectivity index (χ1v) is 6.93. The minimum atomic E-state index is -1.17. The van der Waals surface area contributed by atoms with Crippen LogP contribution in [-0.2, 0) is 4.79 Å². The van der Waals surface area contributed by atoms with Crippen LogP contribution >= 0.6 is 23.2 Å². The number of para-hydroxylation sites is 1. The van der Waals surface area contributed by atoms with Gasteiger partial charge in [0.2, 0.25) is 0 Å². The Kier molecular flexibility index (Phi) is 5.25. The summed E-state index contributed by atoms with van der Waals surface area (Å²) in [6.07, 6.45) is 0. The first-order valence-electron chi connectivity index (χ1n) is 6.17. The van der Waals surface area contributed by atoms with Crippen molar-refractivity contribution in [3.05, 3.63) is 58.1 Å². The monoisotopic (exact) mass is 339 g/mol. The first-order chi connectivity index (χ1) is 10.5. The second-order valence-electron chi connectivity index (χ2n) is 4.26. The average Bonchev–Trinajstić information content (AvgIpc) is 2.46. The first kappa shape index (κ1) is 16.1. The number of anilines is 1. The van der Waals surface area contributed by atoms with Gasteiger partial charge in [-0.3, -0.25) is 4.79 Å². The molecule has 2 aromatic carbocycles. The van der Waals surface area contributed by atoms with Crippen LogP contribution in [0.2, 0.25) is 10.0 Å². The Labute approximate surface area is 136 Å². The summed E-state index contributed by atoms with van der Waals surface area (Å²) < 4.78 is 5.28. The molecule has 0 aliphatic heterocycles. The number of carboxylic acid groups (broad SMARTS) is 1. The number of carbonyl (C=O) groups excluding carboxylic acids is 1. The lowest BCUT2D eigenvalue weighted by atomic mass is 10.2. The lowest BCUT2D eigenvalue weighted by Gasteiger charge is -2.10. The molecule has 0 saturated carbocycles. The molecule has 2 aromatic rings. The molecule has 0 radical (unpaired) electrons. The van der Waals surface area contributed by atoms with E-state index >= 15 is 0 Å². The maximum atomic E-state index is 11.9. The molecule has 0 saturated heterocycles. The number of halogens is 2. The number of benzene rings is 2. The van der Waals surface area contributed by atoms with Gasteiger partial charge in [0.15, 0.2) is 6.61 Å². The molecule has 2 N–H and O–H groups in total. The van der Waals surface area contributed by atoms with Gasteiger partial charge in [-0.2, -0.15) is 0 Å². The molecule has 0 atom stereocenters. The predicted molar refractivity (Wildman–Crippen MR) is 84.0 cm³/mol. The Morgan fingerprint density at radius 1 is 1.14 bits per heavy atom. The summed E-state index contributed by atoms with van der Waals surface area (Å²) in [5.41, 5.74) is 0.0447. The summed E-state index contributed by atoms with van der Waals surface area (Å²) >= 11 is 11.7. The Hall–Kier alpha value is -2.24. The van der Waals surface area contributed by atoms with Crippen molar-refractivity contribution >= 4 is 40.8 Å². The van der Waals surface area contributed by atoms with E-state index in [1.54, 1.807) is 24.3 Å². The number of carbonyl (C=O) groups is 2. The Balaban J connectivity index is 2.05. The normalized spacial score (nSPS) is 10.1. The van der Waals surface area contributed by atoms with Crippen LogP contribution in [0.15, 0.2) is 42.5 Å². The van der Waals surface area contributed by atoms with Crippen molar-refractivity contribution < 1.29 is 19.4 Å². The highest BCUT2D eigenvalue weighted by Gasteiger charge is 2.13. The molecule has 22 heavy (non-hydrogen) atoms. The smallest absolute Gasteiger partial charge is 0.337 e. The quantitative estimate of drug-likeness (QED) is 0.870. The van der Waals surface area contributed by atoms with Gasteiger partial charge in [-0.15, -0.1) is 0 Å². The van der Waals surface area contributed by atoms with E-state index in [9.17, 15) is 9.59 Å². The average molecular weight is 340 g/mol. The molecule has 0 heterocycles. The van der Waals surface area contributed by atoms with E-state index in [4.69, 9.17) is 33.0 Å². The van der Waals surface area contributed by atoms with Crippen molar-refractivity contribution in [3.63, 3.8) is 0 Å². The summed E-state index contributed by atoms with van der Waals surface area (Å²) in [7, 11) is 0. The molecule has 0 aliphatic rings.